The molecule has 0 heterocycles. The van der Waals surface area contributed by atoms with Crippen LogP contribution in [-0.2, 0) is 4.79 Å². The highest BCUT2D eigenvalue weighted by Gasteiger charge is 2.06. The number of methoxy groups -OCH3 is 1. The minimum absolute atomic E-state index is 0.0258. The number of nitrogens with one attached hydrogen (secondary N) is 2. The molecule has 0 saturated carbocycles. The lowest BCUT2D eigenvalue weighted by Crippen LogP contribution is -2.17. The van der Waals surface area contributed by atoms with Crippen LogP contribution in [0.5, 0.6) is 11.5 Å². The lowest BCUT2D eigenvalue weighted by Gasteiger charge is -2.06. The van der Waals surface area contributed by atoms with E-state index in [0.29, 0.717) is 29.0 Å². The molecule has 0 aliphatic rings. The average molecular weight is 383 g/mol. The number of unbranched alkanes of at least 4 members (excludes halogenated alkanes) is 2. The number of amides is 2. The van der Waals surface area contributed by atoms with Crippen LogP contribution < -0.4 is 15.5 Å². The second kappa shape index (κ2) is 10.7. The average Bonchev–Trinajstić information content (AvgIpc) is 2.70. The fourth-order valence-electron chi connectivity index (χ4n) is 2.45. The van der Waals surface area contributed by atoms with E-state index < -0.39 is 5.91 Å². The zero-order chi connectivity index (χ0) is 20.4. The first-order valence-corrected chi connectivity index (χ1v) is 9.13. The molecule has 0 unspecified atom stereocenters. The normalized spacial score (nSPS) is 10.6. The standard InChI is InChI=1S/C21H25N3O4/c1-3-4-5-6-20(26)23-17-9-7-15(8-10-17)21(27)24-22-14-16-13-18(28-2)11-12-19(16)25/h7-14,25H,3-6H2,1-2H3,(H,23,26)(H,24,27). The molecular formula is C21H25N3O4. The van der Waals surface area contributed by atoms with Crippen LogP contribution in [0, 0.1) is 0 Å². The summed E-state index contributed by atoms with van der Waals surface area (Å²) >= 11 is 0. The van der Waals surface area contributed by atoms with Crippen molar-refractivity contribution in [3.63, 3.8) is 0 Å². The maximum atomic E-state index is 12.2. The number of hydrazone groups is 1. The van der Waals surface area contributed by atoms with Crippen molar-refractivity contribution in [1.82, 2.24) is 5.43 Å². The third-order valence-electron chi connectivity index (χ3n) is 4.04. The zero-order valence-corrected chi connectivity index (χ0v) is 16.1. The predicted octanol–water partition coefficient (Wildman–Crippen LogP) is 3.68. The Hall–Kier alpha value is -3.35. The van der Waals surface area contributed by atoms with Gasteiger partial charge in [0.1, 0.15) is 11.5 Å². The Morgan fingerprint density at radius 2 is 1.89 bits per heavy atom. The molecule has 0 fully saturated rings. The van der Waals surface area contributed by atoms with E-state index >= 15 is 0 Å². The van der Waals surface area contributed by atoms with E-state index in [2.05, 4.69) is 22.8 Å². The third-order valence-corrected chi connectivity index (χ3v) is 4.04. The molecule has 2 rings (SSSR count). The summed E-state index contributed by atoms with van der Waals surface area (Å²) in [5.41, 5.74) is 3.86. The van der Waals surface area contributed by atoms with Crippen molar-refractivity contribution in [1.29, 1.82) is 0 Å². The molecule has 2 amide bonds. The highest BCUT2D eigenvalue weighted by Crippen LogP contribution is 2.21. The number of anilines is 1. The van der Waals surface area contributed by atoms with Crippen LogP contribution in [0.2, 0.25) is 0 Å². The third kappa shape index (κ3) is 6.42. The first-order chi connectivity index (χ1) is 13.5. The summed E-state index contributed by atoms with van der Waals surface area (Å²) in [6, 6.07) is 11.3. The van der Waals surface area contributed by atoms with Crippen molar-refractivity contribution in [3.05, 3.63) is 53.6 Å². The van der Waals surface area contributed by atoms with E-state index in [4.69, 9.17) is 4.74 Å². The number of phenols is 1. The van der Waals surface area contributed by atoms with E-state index in [9.17, 15) is 14.7 Å². The first-order valence-electron chi connectivity index (χ1n) is 9.13. The topological polar surface area (TPSA) is 100 Å². The number of benzene rings is 2. The van der Waals surface area contributed by atoms with Gasteiger partial charge < -0.3 is 15.2 Å². The minimum Gasteiger partial charge on any atom is -0.507 e. The summed E-state index contributed by atoms with van der Waals surface area (Å²) in [7, 11) is 1.52. The summed E-state index contributed by atoms with van der Waals surface area (Å²) in [4.78, 5) is 24.0. The number of phenolic OH excluding ortho intramolecular Hbond substituents is 1. The second-order valence-corrected chi connectivity index (χ2v) is 6.21. The Kier molecular flexibility index (Phi) is 8.02. The van der Waals surface area contributed by atoms with Crippen molar-refractivity contribution in [2.45, 2.75) is 32.6 Å². The molecule has 2 aromatic carbocycles. The van der Waals surface area contributed by atoms with Crippen LogP contribution in [0.1, 0.15) is 48.5 Å². The van der Waals surface area contributed by atoms with Gasteiger partial charge in [-0.25, -0.2) is 5.43 Å². The first kappa shape index (κ1) is 21.0. The summed E-state index contributed by atoms with van der Waals surface area (Å²) in [6.07, 6.45) is 4.78. The van der Waals surface area contributed by atoms with Gasteiger partial charge in [-0.2, -0.15) is 5.10 Å². The second-order valence-electron chi connectivity index (χ2n) is 6.21. The number of aromatic hydroxyl groups is 1. The molecule has 0 spiro atoms. The minimum atomic E-state index is -0.403. The molecule has 0 saturated heterocycles. The zero-order valence-electron chi connectivity index (χ0n) is 16.1. The Morgan fingerprint density at radius 3 is 2.57 bits per heavy atom. The molecule has 2 aromatic rings. The van der Waals surface area contributed by atoms with Gasteiger partial charge in [0.25, 0.3) is 5.91 Å². The van der Waals surface area contributed by atoms with Crippen LogP contribution in [0.25, 0.3) is 0 Å². The van der Waals surface area contributed by atoms with Crippen LogP contribution in [-0.4, -0.2) is 30.2 Å². The monoisotopic (exact) mass is 383 g/mol. The van der Waals surface area contributed by atoms with Crippen molar-refractivity contribution in [3.8, 4) is 11.5 Å². The van der Waals surface area contributed by atoms with Gasteiger partial charge >= 0.3 is 0 Å². The van der Waals surface area contributed by atoms with E-state index in [0.717, 1.165) is 19.3 Å². The molecule has 148 valence electrons. The van der Waals surface area contributed by atoms with Gasteiger partial charge in [0, 0.05) is 23.2 Å². The quantitative estimate of drug-likeness (QED) is 0.349. The van der Waals surface area contributed by atoms with Crippen molar-refractivity contribution in [2.24, 2.45) is 5.10 Å². The highest BCUT2D eigenvalue weighted by molar-refractivity contribution is 5.96. The fraction of sp³-hybridized carbons (Fsp3) is 0.286. The molecule has 3 N–H and O–H groups in total. The van der Waals surface area contributed by atoms with Gasteiger partial charge in [-0.05, 0) is 48.9 Å². The summed E-state index contributed by atoms with van der Waals surface area (Å²) in [5.74, 6) is 0.156. The largest absolute Gasteiger partial charge is 0.507 e. The number of nitrogens with zero attached hydrogens (tertiary/aromatic N) is 1. The summed E-state index contributed by atoms with van der Waals surface area (Å²) in [6.45, 7) is 2.09. The predicted molar refractivity (Wildman–Crippen MR) is 109 cm³/mol. The van der Waals surface area contributed by atoms with Gasteiger partial charge in [-0.3, -0.25) is 9.59 Å². The van der Waals surface area contributed by atoms with Crippen LogP contribution >= 0.6 is 0 Å². The number of rotatable bonds is 9. The van der Waals surface area contributed by atoms with Crippen molar-refractivity contribution < 1.29 is 19.4 Å². The number of carbonyl (C=O) groups is 2. The molecule has 0 aromatic heterocycles. The van der Waals surface area contributed by atoms with Crippen LogP contribution in [0.15, 0.2) is 47.6 Å². The molecule has 0 bridgehead atoms. The van der Waals surface area contributed by atoms with Gasteiger partial charge in [-0.15, -0.1) is 0 Å². The lowest BCUT2D eigenvalue weighted by molar-refractivity contribution is -0.116. The number of hydrogen-bond donors (Lipinski definition) is 3. The molecule has 28 heavy (non-hydrogen) atoms. The molecule has 0 aliphatic carbocycles. The fourth-order valence-corrected chi connectivity index (χ4v) is 2.45. The van der Waals surface area contributed by atoms with E-state index in [1.165, 1.54) is 19.4 Å². The Morgan fingerprint density at radius 1 is 1.14 bits per heavy atom. The van der Waals surface area contributed by atoms with E-state index in [1.54, 1.807) is 36.4 Å². The smallest absolute Gasteiger partial charge is 0.271 e. The van der Waals surface area contributed by atoms with Crippen molar-refractivity contribution >= 4 is 23.7 Å². The van der Waals surface area contributed by atoms with Gasteiger partial charge in [0.2, 0.25) is 5.91 Å². The highest BCUT2D eigenvalue weighted by atomic mass is 16.5. The van der Waals surface area contributed by atoms with Gasteiger partial charge in [-0.1, -0.05) is 19.8 Å². The molecule has 7 heteroatoms. The van der Waals surface area contributed by atoms with Gasteiger partial charge in [0.15, 0.2) is 0 Å². The molecule has 0 radical (unpaired) electrons. The number of hydrogen-bond acceptors (Lipinski definition) is 5. The van der Waals surface area contributed by atoms with Crippen LogP contribution in [0.3, 0.4) is 0 Å². The van der Waals surface area contributed by atoms with E-state index in [1.807, 2.05) is 0 Å². The SMILES string of the molecule is CCCCCC(=O)Nc1ccc(C(=O)NN=Cc2cc(OC)ccc2O)cc1. The molecular weight excluding hydrogens is 358 g/mol. The summed E-state index contributed by atoms with van der Waals surface area (Å²) in [5, 5.41) is 16.5. The van der Waals surface area contributed by atoms with Crippen molar-refractivity contribution in [2.75, 3.05) is 12.4 Å². The molecule has 7 nitrogen and oxygen atoms in total. The number of ether oxygens (including phenoxy) is 1. The lowest BCUT2D eigenvalue weighted by atomic mass is 10.1. The Bertz CT molecular complexity index is 832. The maximum absolute atomic E-state index is 12.2. The van der Waals surface area contributed by atoms with Crippen LogP contribution in [0.4, 0.5) is 5.69 Å². The Balaban J connectivity index is 1.90. The Labute approximate surface area is 164 Å². The molecule has 0 aliphatic heterocycles. The van der Waals surface area contributed by atoms with Gasteiger partial charge in [0.05, 0.1) is 13.3 Å². The maximum Gasteiger partial charge on any atom is 0.271 e. The molecule has 0 atom stereocenters. The summed E-state index contributed by atoms with van der Waals surface area (Å²) < 4.78 is 5.08. The number of carbonyl (C=O) groups excluding carboxylic acids is 2. The van der Waals surface area contributed by atoms with E-state index in [-0.39, 0.29) is 11.7 Å².